The summed E-state index contributed by atoms with van der Waals surface area (Å²) in [5.41, 5.74) is 4.24. The van der Waals surface area contributed by atoms with Crippen molar-refractivity contribution in [3.05, 3.63) is 93.5 Å². The molecule has 2 aliphatic rings. The molecule has 3 amide bonds. The molecule has 1 N–H and O–H groups in total. The molecule has 1 heterocycles. The molecule has 1 aliphatic carbocycles. The van der Waals surface area contributed by atoms with E-state index in [9.17, 15) is 19.2 Å². The maximum absolute atomic E-state index is 13.4. The first kappa shape index (κ1) is 26.8. The van der Waals surface area contributed by atoms with E-state index in [0.29, 0.717) is 24.2 Å². The molecule has 0 radical (unpaired) electrons. The van der Waals surface area contributed by atoms with Crippen LogP contribution in [0.5, 0.6) is 0 Å². The summed E-state index contributed by atoms with van der Waals surface area (Å²) in [5.74, 6) is -2.11. The van der Waals surface area contributed by atoms with E-state index >= 15 is 0 Å². The third-order valence-electron chi connectivity index (χ3n) is 7.87. The molecule has 3 aromatic carbocycles. The topological polar surface area (TPSA) is 92.8 Å². The summed E-state index contributed by atoms with van der Waals surface area (Å²) in [7, 11) is 0. The van der Waals surface area contributed by atoms with Gasteiger partial charge in [0.1, 0.15) is 0 Å². The molecule has 39 heavy (non-hydrogen) atoms. The number of esters is 1. The molecule has 8 heteroatoms. The number of carbonyl (C=O) groups excluding carboxylic acids is 4. The highest BCUT2D eigenvalue weighted by Gasteiger charge is 2.50. The van der Waals surface area contributed by atoms with Crippen LogP contribution in [0.25, 0.3) is 0 Å². The van der Waals surface area contributed by atoms with Gasteiger partial charge in [-0.25, -0.2) is 4.79 Å². The molecule has 7 nitrogen and oxygen atoms in total. The van der Waals surface area contributed by atoms with Crippen molar-refractivity contribution in [1.29, 1.82) is 0 Å². The molecular formula is C31H29BrN2O5. The summed E-state index contributed by atoms with van der Waals surface area (Å²) in [6.45, 7) is 3.37. The van der Waals surface area contributed by atoms with Crippen molar-refractivity contribution in [1.82, 2.24) is 0 Å². The van der Waals surface area contributed by atoms with Crippen LogP contribution in [0.1, 0.15) is 52.2 Å². The molecule has 0 spiro atoms. The lowest BCUT2D eigenvalue weighted by Gasteiger charge is -2.28. The highest BCUT2D eigenvalue weighted by molar-refractivity contribution is 9.10. The van der Waals surface area contributed by atoms with Gasteiger partial charge in [-0.3, -0.25) is 19.3 Å². The van der Waals surface area contributed by atoms with Crippen molar-refractivity contribution in [3.63, 3.8) is 0 Å². The largest absolute Gasteiger partial charge is 0.452 e. The molecule has 2 fully saturated rings. The number of rotatable bonds is 6. The third-order valence-corrected chi connectivity index (χ3v) is 8.73. The van der Waals surface area contributed by atoms with Gasteiger partial charge in [0.25, 0.3) is 5.91 Å². The Balaban J connectivity index is 1.24. The monoisotopic (exact) mass is 588 g/mol. The van der Waals surface area contributed by atoms with Crippen LogP contribution in [0, 0.1) is 25.7 Å². The maximum Gasteiger partial charge on any atom is 0.338 e. The van der Waals surface area contributed by atoms with Gasteiger partial charge >= 0.3 is 5.97 Å². The Morgan fingerprint density at radius 2 is 1.67 bits per heavy atom. The third kappa shape index (κ3) is 5.39. The summed E-state index contributed by atoms with van der Waals surface area (Å²) in [6.07, 6.45) is 2.13. The van der Waals surface area contributed by atoms with Crippen LogP contribution in [-0.2, 0) is 19.1 Å². The Hall–Kier alpha value is -3.78. The predicted molar refractivity (Wildman–Crippen MR) is 151 cm³/mol. The Morgan fingerprint density at radius 1 is 0.923 bits per heavy atom. The van der Waals surface area contributed by atoms with Crippen LogP contribution >= 0.6 is 15.9 Å². The number of nitrogens with one attached hydrogen (secondary N) is 1. The first-order chi connectivity index (χ1) is 18.7. The quantitative estimate of drug-likeness (QED) is 0.284. The van der Waals surface area contributed by atoms with Gasteiger partial charge in [-0.2, -0.15) is 0 Å². The number of ether oxygens (including phenoxy) is 1. The number of halogens is 1. The number of fused-ring (bicyclic) bond motifs is 1. The van der Waals surface area contributed by atoms with Crippen molar-refractivity contribution < 1.29 is 23.9 Å². The highest BCUT2D eigenvalue weighted by Crippen LogP contribution is 2.45. The fourth-order valence-electron chi connectivity index (χ4n) is 5.56. The van der Waals surface area contributed by atoms with Gasteiger partial charge in [0.2, 0.25) is 11.8 Å². The fraction of sp³-hybridized carbons (Fsp3) is 0.290. The zero-order valence-corrected chi connectivity index (χ0v) is 23.4. The van der Waals surface area contributed by atoms with E-state index in [0.717, 1.165) is 22.0 Å². The number of benzene rings is 3. The molecule has 3 aromatic rings. The van der Waals surface area contributed by atoms with Crippen LogP contribution in [0.15, 0.2) is 71.2 Å². The number of hydrogen-bond donors (Lipinski definition) is 1. The second kappa shape index (κ2) is 11.1. The van der Waals surface area contributed by atoms with Gasteiger partial charge in [0.05, 0.1) is 23.1 Å². The maximum atomic E-state index is 13.4. The smallest absolute Gasteiger partial charge is 0.338 e. The van der Waals surface area contributed by atoms with Gasteiger partial charge in [-0.1, -0.05) is 52.3 Å². The molecule has 1 saturated carbocycles. The zero-order chi connectivity index (χ0) is 27.7. The van der Waals surface area contributed by atoms with Crippen molar-refractivity contribution >= 4 is 51.0 Å². The van der Waals surface area contributed by atoms with Gasteiger partial charge in [0, 0.05) is 10.2 Å². The SMILES string of the molecule is Cc1c(Br)ccc(NC(=O)COC(=O)c2cccc(N3C(=O)[C@H]4C[C@@H](c5ccccc5)CC[C@H]4C3=O)c2)c1C. The summed E-state index contributed by atoms with van der Waals surface area (Å²) >= 11 is 3.46. The van der Waals surface area contributed by atoms with Gasteiger partial charge in [0.15, 0.2) is 6.61 Å². The van der Waals surface area contributed by atoms with Crippen LogP contribution in [0.2, 0.25) is 0 Å². The molecular weight excluding hydrogens is 560 g/mol. The fourth-order valence-corrected chi connectivity index (χ4v) is 5.99. The van der Waals surface area contributed by atoms with E-state index < -0.39 is 18.5 Å². The Labute approximate surface area is 235 Å². The van der Waals surface area contributed by atoms with Crippen molar-refractivity contribution in [2.75, 3.05) is 16.8 Å². The number of imide groups is 1. The number of anilines is 2. The Bertz CT molecular complexity index is 1450. The molecule has 3 atom stereocenters. The van der Waals surface area contributed by atoms with E-state index in [-0.39, 0.29) is 35.1 Å². The van der Waals surface area contributed by atoms with E-state index in [4.69, 9.17) is 4.74 Å². The summed E-state index contributed by atoms with van der Waals surface area (Å²) in [6, 6.07) is 20.0. The average molecular weight is 589 g/mol. The van der Waals surface area contributed by atoms with Crippen LogP contribution in [-0.4, -0.2) is 30.3 Å². The van der Waals surface area contributed by atoms with Gasteiger partial charge in [-0.15, -0.1) is 0 Å². The van der Waals surface area contributed by atoms with Crippen LogP contribution in [0.3, 0.4) is 0 Å². The summed E-state index contributed by atoms with van der Waals surface area (Å²) in [4.78, 5) is 53.1. The van der Waals surface area contributed by atoms with E-state index in [1.54, 1.807) is 18.2 Å². The van der Waals surface area contributed by atoms with E-state index in [1.165, 1.54) is 22.6 Å². The van der Waals surface area contributed by atoms with Crippen molar-refractivity contribution in [2.24, 2.45) is 11.8 Å². The second-order valence-corrected chi connectivity index (χ2v) is 11.0. The molecule has 1 aliphatic heterocycles. The molecule has 0 aromatic heterocycles. The van der Waals surface area contributed by atoms with Crippen LogP contribution < -0.4 is 10.2 Å². The molecule has 5 rings (SSSR count). The number of amides is 3. The van der Waals surface area contributed by atoms with Crippen molar-refractivity contribution in [3.8, 4) is 0 Å². The minimum Gasteiger partial charge on any atom is -0.452 e. The highest BCUT2D eigenvalue weighted by atomic mass is 79.9. The minimum atomic E-state index is -0.712. The lowest BCUT2D eigenvalue weighted by atomic mass is 9.73. The second-order valence-electron chi connectivity index (χ2n) is 10.2. The molecule has 200 valence electrons. The lowest BCUT2D eigenvalue weighted by Crippen LogP contribution is -2.31. The zero-order valence-electron chi connectivity index (χ0n) is 21.8. The minimum absolute atomic E-state index is 0.161. The number of carbonyl (C=O) groups is 4. The van der Waals surface area contributed by atoms with Crippen LogP contribution in [0.4, 0.5) is 11.4 Å². The van der Waals surface area contributed by atoms with Gasteiger partial charge < -0.3 is 10.1 Å². The molecule has 0 bridgehead atoms. The lowest BCUT2D eigenvalue weighted by molar-refractivity contribution is -0.122. The summed E-state index contributed by atoms with van der Waals surface area (Å²) in [5, 5.41) is 2.76. The normalized spacial score (nSPS) is 20.5. The Kier molecular flexibility index (Phi) is 7.66. The first-order valence-corrected chi connectivity index (χ1v) is 13.8. The van der Waals surface area contributed by atoms with E-state index in [2.05, 4.69) is 33.4 Å². The number of nitrogens with zero attached hydrogens (tertiary/aromatic N) is 1. The molecule has 0 unspecified atom stereocenters. The van der Waals surface area contributed by atoms with Gasteiger partial charge in [-0.05, 0) is 86.1 Å². The van der Waals surface area contributed by atoms with Crippen molar-refractivity contribution in [2.45, 2.75) is 39.0 Å². The van der Waals surface area contributed by atoms with E-state index in [1.807, 2.05) is 38.1 Å². The predicted octanol–water partition coefficient (Wildman–Crippen LogP) is 5.93. The average Bonchev–Trinajstić information content (AvgIpc) is 3.21. The standard InChI is InChI=1S/C31H29BrN2O5/c1-18-19(2)27(14-13-26(18)32)33-28(35)17-39-31(38)22-9-6-10-23(15-22)34-29(36)24-12-11-21(16-25(24)30(34)37)20-7-4-3-5-8-20/h3-10,13-15,21,24-25H,11-12,16-17H2,1-2H3,(H,33,35)/t21-,24+,25-/m0/s1. The first-order valence-electron chi connectivity index (χ1n) is 13.0. The molecule has 1 saturated heterocycles. The Morgan fingerprint density at radius 3 is 2.44 bits per heavy atom. The summed E-state index contributed by atoms with van der Waals surface area (Å²) < 4.78 is 6.18. The number of hydrogen-bond acceptors (Lipinski definition) is 5.